The number of benzene rings is 2. The van der Waals surface area contributed by atoms with E-state index in [0.29, 0.717) is 11.4 Å². The maximum Gasteiger partial charge on any atom is 0.256 e. The Hall–Kier alpha value is -2.33. The van der Waals surface area contributed by atoms with Gasteiger partial charge in [0, 0.05) is 28.3 Å². The monoisotopic (exact) mass is 297 g/mol. The van der Waals surface area contributed by atoms with Gasteiger partial charge in [0.25, 0.3) is 5.91 Å². The minimum absolute atomic E-state index is 0.0745. The van der Waals surface area contributed by atoms with Gasteiger partial charge in [-0.05, 0) is 12.1 Å². The molecule has 2 aromatic rings. The average molecular weight is 298 g/mol. The van der Waals surface area contributed by atoms with Gasteiger partial charge in [-0.25, -0.2) is 0 Å². The first-order chi connectivity index (χ1) is 10.2. The van der Waals surface area contributed by atoms with Crippen LogP contribution in [0.15, 0.2) is 53.6 Å². The van der Waals surface area contributed by atoms with Crippen molar-refractivity contribution in [3.8, 4) is 0 Å². The summed E-state index contributed by atoms with van der Waals surface area (Å²) in [6.07, 6.45) is 0.486. The molecule has 4 nitrogen and oxygen atoms in total. The summed E-state index contributed by atoms with van der Waals surface area (Å²) in [6.45, 7) is 0. The van der Waals surface area contributed by atoms with E-state index in [1.807, 2.05) is 48.5 Å². The highest BCUT2D eigenvalue weighted by Gasteiger charge is 2.50. The van der Waals surface area contributed by atoms with E-state index in [2.05, 4.69) is 15.8 Å². The smallest absolute Gasteiger partial charge is 0.256 e. The molecule has 1 atom stereocenters. The van der Waals surface area contributed by atoms with Crippen molar-refractivity contribution in [2.24, 2.45) is 5.10 Å². The molecule has 2 heterocycles. The summed E-state index contributed by atoms with van der Waals surface area (Å²) in [5.74, 6) is -0.0745. The van der Waals surface area contributed by atoms with Crippen molar-refractivity contribution in [1.29, 1.82) is 0 Å². The third kappa shape index (κ3) is 1.69. The summed E-state index contributed by atoms with van der Waals surface area (Å²) >= 11 is 6.23. The Balaban J connectivity index is 1.76. The molecular weight excluding hydrogens is 286 g/mol. The maximum absolute atomic E-state index is 12.4. The number of hydrogen-bond donors (Lipinski definition) is 2. The van der Waals surface area contributed by atoms with E-state index in [1.54, 1.807) is 0 Å². The number of para-hydroxylation sites is 1. The minimum Gasteiger partial charge on any atom is -0.323 e. The van der Waals surface area contributed by atoms with Crippen LogP contribution in [0.2, 0.25) is 5.02 Å². The van der Waals surface area contributed by atoms with Crippen LogP contribution in [0.25, 0.3) is 0 Å². The molecule has 21 heavy (non-hydrogen) atoms. The van der Waals surface area contributed by atoms with Crippen molar-refractivity contribution in [2.45, 2.75) is 12.0 Å². The molecule has 0 aromatic heterocycles. The minimum atomic E-state index is -0.814. The normalized spacial score (nSPS) is 22.7. The number of halogens is 1. The lowest BCUT2D eigenvalue weighted by Crippen LogP contribution is -2.42. The van der Waals surface area contributed by atoms with Gasteiger partial charge in [-0.2, -0.15) is 5.10 Å². The molecule has 5 heteroatoms. The molecule has 0 unspecified atom stereocenters. The SMILES string of the molecule is O=C1Nc2ccccc2[C@@]12CC(c1ccccc1Cl)=NN2. The molecular formula is C16H12ClN3O. The summed E-state index contributed by atoms with van der Waals surface area (Å²) in [7, 11) is 0. The predicted octanol–water partition coefficient (Wildman–Crippen LogP) is 2.89. The number of rotatable bonds is 1. The van der Waals surface area contributed by atoms with Crippen LogP contribution in [-0.2, 0) is 10.3 Å². The number of hydrogen-bond acceptors (Lipinski definition) is 3. The first-order valence-electron chi connectivity index (χ1n) is 6.70. The van der Waals surface area contributed by atoms with E-state index in [1.165, 1.54) is 0 Å². The van der Waals surface area contributed by atoms with E-state index < -0.39 is 5.54 Å². The summed E-state index contributed by atoms with van der Waals surface area (Å²) < 4.78 is 0. The third-order valence-corrected chi connectivity index (χ3v) is 4.35. The number of fused-ring (bicyclic) bond motifs is 2. The molecule has 0 fully saturated rings. The van der Waals surface area contributed by atoms with Gasteiger partial charge >= 0.3 is 0 Å². The molecule has 104 valence electrons. The molecule has 2 N–H and O–H groups in total. The number of nitrogens with one attached hydrogen (secondary N) is 2. The Morgan fingerprint density at radius 3 is 2.71 bits per heavy atom. The fraction of sp³-hybridized carbons (Fsp3) is 0.125. The van der Waals surface area contributed by atoms with Gasteiger partial charge in [-0.1, -0.05) is 48.0 Å². The summed E-state index contributed by atoms with van der Waals surface area (Å²) in [5.41, 5.74) is 5.65. The average Bonchev–Trinajstić information content (AvgIpc) is 3.05. The van der Waals surface area contributed by atoms with Gasteiger partial charge in [0.15, 0.2) is 5.54 Å². The molecule has 0 saturated heterocycles. The second-order valence-electron chi connectivity index (χ2n) is 5.23. The second-order valence-corrected chi connectivity index (χ2v) is 5.64. The topological polar surface area (TPSA) is 53.5 Å². The zero-order valence-corrected chi connectivity index (χ0v) is 11.8. The summed E-state index contributed by atoms with van der Waals surface area (Å²) in [5, 5.41) is 7.92. The Kier molecular flexibility index (Phi) is 2.56. The van der Waals surface area contributed by atoms with Crippen LogP contribution in [0, 0.1) is 0 Å². The van der Waals surface area contributed by atoms with Crippen LogP contribution in [-0.4, -0.2) is 11.6 Å². The lowest BCUT2D eigenvalue weighted by Gasteiger charge is -2.20. The molecule has 0 radical (unpaired) electrons. The number of nitrogens with zero attached hydrogens (tertiary/aromatic N) is 1. The molecule has 1 amide bonds. The quantitative estimate of drug-likeness (QED) is 0.850. The van der Waals surface area contributed by atoms with Crippen LogP contribution < -0.4 is 10.7 Å². The molecule has 2 aromatic carbocycles. The van der Waals surface area contributed by atoms with Crippen molar-refractivity contribution in [3.05, 3.63) is 64.7 Å². The second kappa shape index (κ2) is 4.33. The highest BCUT2D eigenvalue weighted by Crippen LogP contribution is 2.41. The van der Waals surface area contributed by atoms with Crippen LogP contribution >= 0.6 is 11.6 Å². The van der Waals surface area contributed by atoms with Crippen molar-refractivity contribution in [2.75, 3.05) is 5.32 Å². The van der Waals surface area contributed by atoms with Gasteiger partial charge in [-0.15, -0.1) is 0 Å². The van der Waals surface area contributed by atoms with Gasteiger partial charge in [0.05, 0.1) is 5.71 Å². The molecule has 2 aliphatic heterocycles. The first-order valence-corrected chi connectivity index (χ1v) is 7.08. The predicted molar refractivity (Wildman–Crippen MR) is 82.5 cm³/mol. The van der Waals surface area contributed by atoms with Crippen molar-refractivity contribution < 1.29 is 4.79 Å². The van der Waals surface area contributed by atoms with Gasteiger partial charge in [0.1, 0.15) is 0 Å². The number of carbonyl (C=O) groups is 1. The number of hydrazone groups is 1. The molecule has 4 rings (SSSR count). The van der Waals surface area contributed by atoms with Crippen molar-refractivity contribution in [1.82, 2.24) is 5.43 Å². The highest BCUT2D eigenvalue weighted by atomic mass is 35.5. The van der Waals surface area contributed by atoms with E-state index in [-0.39, 0.29) is 5.91 Å². The van der Waals surface area contributed by atoms with Crippen LogP contribution in [0.1, 0.15) is 17.5 Å². The van der Waals surface area contributed by atoms with Crippen molar-refractivity contribution >= 4 is 28.9 Å². The number of amides is 1. The standard InChI is InChI=1S/C16H12ClN3O/c17-12-7-3-1-5-10(12)14-9-16(20-19-14)11-6-2-4-8-13(11)18-15(16)21/h1-8,20H,9H2,(H,18,21)/t16-/m0/s1. The number of carbonyl (C=O) groups excluding carboxylic acids is 1. The van der Waals surface area contributed by atoms with Crippen LogP contribution in [0.4, 0.5) is 5.69 Å². The zero-order chi connectivity index (χ0) is 14.4. The molecule has 0 saturated carbocycles. The Bertz CT molecular complexity index is 787. The number of anilines is 1. The van der Waals surface area contributed by atoms with E-state index in [0.717, 1.165) is 22.5 Å². The third-order valence-electron chi connectivity index (χ3n) is 4.02. The Morgan fingerprint density at radius 2 is 1.86 bits per heavy atom. The lowest BCUT2D eigenvalue weighted by atomic mass is 9.86. The fourth-order valence-electron chi connectivity index (χ4n) is 2.95. The van der Waals surface area contributed by atoms with Gasteiger partial charge in [0.2, 0.25) is 0 Å². The maximum atomic E-state index is 12.4. The zero-order valence-electron chi connectivity index (χ0n) is 11.1. The molecule has 2 aliphatic rings. The van der Waals surface area contributed by atoms with Crippen molar-refractivity contribution in [3.63, 3.8) is 0 Å². The van der Waals surface area contributed by atoms with E-state index in [4.69, 9.17) is 11.6 Å². The molecule has 0 aliphatic carbocycles. The largest absolute Gasteiger partial charge is 0.323 e. The van der Waals surface area contributed by atoms with E-state index >= 15 is 0 Å². The summed E-state index contributed by atoms with van der Waals surface area (Å²) in [6, 6.07) is 15.2. The highest BCUT2D eigenvalue weighted by molar-refractivity contribution is 6.34. The first kappa shape index (κ1) is 12.4. The van der Waals surface area contributed by atoms with Gasteiger partial charge < -0.3 is 5.32 Å². The van der Waals surface area contributed by atoms with Crippen LogP contribution in [0.5, 0.6) is 0 Å². The Morgan fingerprint density at radius 1 is 1.10 bits per heavy atom. The van der Waals surface area contributed by atoms with Gasteiger partial charge in [-0.3, -0.25) is 10.2 Å². The summed E-state index contributed by atoms with van der Waals surface area (Å²) in [4.78, 5) is 12.4. The lowest BCUT2D eigenvalue weighted by molar-refractivity contribution is -0.121. The fourth-order valence-corrected chi connectivity index (χ4v) is 3.19. The molecule has 1 spiro atoms. The Labute approximate surface area is 126 Å². The van der Waals surface area contributed by atoms with Crippen LogP contribution in [0.3, 0.4) is 0 Å². The molecule has 0 bridgehead atoms. The van der Waals surface area contributed by atoms with E-state index in [9.17, 15) is 4.79 Å².